The van der Waals surface area contributed by atoms with Crippen molar-refractivity contribution in [2.45, 2.75) is 37.0 Å². The summed E-state index contributed by atoms with van der Waals surface area (Å²) in [6.45, 7) is 5.92. The zero-order valence-electron chi connectivity index (χ0n) is 13.0. The molecule has 0 bridgehead atoms. The molecule has 0 unspecified atom stereocenters. The molecule has 4 heteroatoms. The number of amides is 1. The largest absolute Gasteiger partial charge is 0.347 e. The SMILES string of the molecule is CC(C)(C)NC(=O)c1ccc(CSc2ccc(Cl)cc2)cc1. The maximum absolute atomic E-state index is 12.1. The van der Waals surface area contributed by atoms with E-state index in [2.05, 4.69) is 5.32 Å². The van der Waals surface area contributed by atoms with Crippen LogP contribution in [0.3, 0.4) is 0 Å². The van der Waals surface area contributed by atoms with Gasteiger partial charge in [0.15, 0.2) is 0 Å². The lowest BCUT2D eigenvalue weighted by Gasteiger charge is -2.20. The van der Waals surface area contributed by atoms with Crippen LogP contribution in [0, 0.1) is 0 Å². The minimum atomic E-state index is -0.222. The van der Waals surface area contributed by atoms with E-state index in [0.29, 0.717) is 5.56 Å². The van der Waals surface area contributed by atoms with Gasteiger partial charge in [-0.1, -0.05) is 23.7 Å². The molecule has 1 amide bonds. The van der Waals surface area contributed by atoms with E-state index in [-0.39, 0.29) is 11.4 Å². The highest BCUT2D eigenvalue weighted by molar-refractivity contribution is 7.98. The Morgan fingerprint density at radius 3 is 2.18 bits per heavy atom. The molecule has 1 N–H and O–H groups in total. The van der Waals surface area contributed by atoms with Gasteiger partial charge < -0.3 is 5.32 Å². The molecule has 0 fully saturated rings. The van der Waals surface area contributed by atoms with Crippen molar-refractivity contribution in [2.75, 3.05) is 0 Å². The monoisotopic (exact) mass is 333 g/mol. The van der Waals surface area contributed by atoms with Crippen LogP contribution >= 0.6 is 23.4 Å². The van der Waals surface area contributed by atoms with Gasteiger partial charge in [-0.3, -0.25) is 4.79 Å². The Morgan fingerprint density at radius 1 is 1.05 bits per heavy atom. The molecule has 0 atom stereocenters. The van der Waals surface area contributed by atoms with Crippen molar-refractivity contribution >= 4 is 29.3 Å². The highest BCUT2D eigenvalue weighted by Gasteiger charge is 2.14. The first-order valence-corrected chi connectivity index (χ1v) is 8.50. The van der Waals surface area contributed by atoms with Crippen molar-refractivity contribution in [3.63, 3.8) is 0 Å². The van der Waals surface area contributed by atoms with Crippen molar-refractivity contribution in [3.05, 3.63) is 64.7 Å². The summed E-state index contributed by atoms with van der Waals surface area (Å²) in [7, 11) is 0. The first-order valence-electron chi connectivity index (χ1n) is 7.13. The number of carbonyl (C=O) groups is 1. The Hall–Kier alpha value is -1.45. The fraction of sp³-hybridized carbons (Fsp3) is 0.278. The molecule has 2 aromatic carbocycles. The van der Waals surface area contributed by atoms with E-state index < -0.39 is 0 Å². The fourth-order valence-corrected chi connectivity index (χ4v) is 2.84. The maximum Gasteiger partial charge on any atom is 0.251 e. The summed E-state index contributed by atoms with van der Waals surface area (Å²) in [4.78, 5) is 13.2. The number of halogens is 1. The number of rotatable bonds is 4. The van der Waals surface area contributed by atoms with Crippen LogP contribution in [0.5, 0.6) is 0 Å². The Labute approximate surface area is 141 Å². The second-order valence-electron chi connectivity index (χ2n) is 6.14. The third-order valence-corrected chi connectivity index (χ3v) is 4.26. The number of benzene rings is 2. The first kappa shape index (κ1) is 16.9. The number of nitrogens with one attached hydrogen (secondary N) is 1. The van der Waals surface area contributed by atoms with E-state index in [4.69, 9.17) is 11.6 Å². The van der Waals surface area contributed by atoms with E-state index in [9.17, 15) is 4.79 Å². The molecule has 0 saturated carbocycles. The third kappa shape index (κ3) is 5.39. The molecule has 0 aliphatic rings. The smallest absolute Gasteiger partial charge is 0.251 e. The molecule has 0 spiro atoms. The molecule has 0 aliphatic heterocycles. The Morgan fingerprint density at radius 2 is 1.64 bits per heavy atom. The molecule has 116 valence electrons. The lowest BCUT2D eigenvalue weighted by Crippen LogP contribution is -2.40. The van der Waals surface area contributed by atoms with E-state index in [1.165, 1.54) is 10.5 Å². The Kier molecular flexibility index (Phi) is 5.54. The molecule has 0 aliphatic carbocycles. The normalized spacial score (nSPS) is 11.3. The van der Waals surface area contributed by atoms with E-state index in [1.54, 1.807) is 11.8 Å². The molecule has 2 nitrogen and oxygen atoms in total. The minimum absolute atomic E-state index is 0.0376. The Bertz CT molecular complexity index is 630. The van der Waals surface area contributed by atoms with Crippen LogP contribution in [0.2, 0.25) is 5.02 Å². The number of hydrogen-bond acceptors (Lipinski definition) is 2. The predicted octanol–water partition coefficient (Wildman–Crippen LogP) is 5.16. The topological polar surface area (TPSA) is 29.1 Å². The zero-order chi connectivity index (χ0) is 16.2. The van der Waals surface area contributed by atoms with Crippen molar-refractivity contribution in [1.29, 1.82) is 0 Å². The molecule has 0 radical (unpaired) electrons. The van der Waals surface area contributed by atoms with Crippen LogP contribution in [0.4, 0.5) is 0 Å². The summed E-state index contributed by atoms with van der Waals surface area (Å²) in [6.07, 6.45) is 0. The van der Waals surface area contributed by atoms with Gasteiger partial charge in [-0.15, -0.1) is 11.8 Å². The van der Waals surface area contributed by atoms with Crippen LogP contribution in [-0.2, 0) is 5.75 Å². The number of hydrogen-bond donors (Lipinski definition) is 1. The van der Waals surface area contributed by atoms with Gasteiger partial charge >= 0.3 is 0 Å². The quantitative estimate of drug-likeness (QED) is 0.783. The molecular formula is C18H20ClNOS. The van der Waals surface area contributed by atoms with Gasteiger partial charge in [0.2, 0.25) is 0 Å². The molecule has 2 aromatic rings. The average molecular weight is 334 g/mol. The highest BCUT2D eigenvalue weighted by Crippen LogP contribution is 2.24. The summed E-state index contributed by atoms with van der Waals surface area (Å²) in [5, 5.41) is 3.71. The summed E-state index contributed by atoms with van der Waals surface area (Å²) in [5.41, 5.74) is 1.66. The lowest BCUT2D eigenvalue weighted by atomic mass is 10.1. The summed E-state index contributed by atoms with van der Waals surface area (Å²) < 4.78 is 0. The third-order valence-electron chi connectivity index (χ3n) is 2.92. The number of thioether (sulfide) groups is 1. The van der Waals surface area contributed by atoms with Gasteiger partial charge in [0.1, 0.15) is 0 Å². The zero-order valence-corrected chi connectivity index (χ0v) is 14.6. The summed E-state index contributed by atoms with van der Waals surface area (Å²) >= 11 is 7.62. The van der Waals surface area contributed by atoms with Crippen LogP contribution in [0.15, 0.2) is 53.4 Å². The van der Waals surface area contributed by atoms with Crippen molar-refractivity contribution in [1.82, 2.24) is 5.32 Å². The van der Waals surface area contributed by atoms with E-state index in [1.807, 2.05) is 69.3 Å². The van der Waals surface area contributed by atoms with Crippen LogP contribution < -0.4 is 5.32 Å². The van der Waals surface area contributed by atoms with Gasteiger partial charge in [-0.2, -0.15) is 0 Å². The van der Waals surface area contributed by atoms with Crippen molar-refractivity contribution in [3.8, 4) is 0 Å². The average Bonchev–Trinajstić information content (AvgIpc) is 2.45. The van der Waals surface area contributed by atoms with Gasteiger partial charge in [-0.05, 0) is 62.7 Å². The van der Waals surface area contributed by atoms with Gasteiger partial charge in [0.05, 0.1) is 0 Å². The Balaban J connectivity index is 1.94. The molecule has 0 heterocycles. The van der Waals surface area contributed by atoms with Crippen molar-refractivity contribution < 1.29 is 4.79 Å². The van der Waals surface area contributed by atoms with Gasteiger partial charge in [0, 0.05) is 26.8 Å². The molecule has 2 rings (SSSR count). The summed E-state index contributed by atoms with van der Waals surface area (Å²) in [6, 6.07) is 15.6. The predicted molar refractivity (Wildman–Crippen MR) is 94.7 cm³/mol. The van der Waals surface area contributed by atoms with Gasteiger partial charge in [-0.25, -0.2) is 0 Å². The van der Waals surface area contributed by atoms with Crippen LogP contribution in [0.25, 0.3) is 0 Å². The second kappa shape index (κ2) is 7.21. The summed E-state index contributed by atoms with van der Waals surface area (Å²) in [5.74, 6) is 0.826. The maximum atomic E-state index is 12.1. The number of carbonyl (C=O) groups excluding carboxylic acids is 1. The minimum Gasteiger partial charge on any atom is -0.347 e. The van der Waals surface area contributed by atoms with Crippen LogP contribution in [0.1, 0.15) is 36.7 Å². The first-order chi connectivity index (χ1) is 10.3. The second-order valence-corrected chi connectivity index (χ2v) is 7.63. The van der Waals surface area contributed by atoms with Gasteiger partial charge in [0.25, 0.3) is 5.91 Å². The fourth-order valence-electron chi connectivity index (χ4n) is 1.86. The van der Waals surface area contributed by atoms with E-state index >= 15 is 0 Å². The van der Waals surface area contributed by atoms with Crippen molar-refractivity contribution in [2.24, 2.45) is 0 Å². The molecular weight excluding hydrogens is 314 g/mol. The standard InChI is InChI=1S/C18H20ClNOS/c1-18(2,3)20-17(21)14-6-4-13(5-7-14)12-22-16-10-8-15(19)9-11-16/h4-11H,12H2,1-3H3,(H,20,21). The highest BCUT2D eigenvalue weighted by atomic mass is 35.5. The molecule has 0 saturated heterocycles. The van der Waals surface area contributed by atoms with Crippen LogP contribution in [-0.4, -0.2) is 11.4 Å². The lowest BCUT2D eigenvalue weighted by molar-refractivity contribution is 0.0919. The van der Waals surface area contributed by atoms with E-state index in [0.717, 1.165) is 10.8 Å². The molecule has 22 heavy (non-hydrogen) atoms. The molecule has 0 aromatic heterocycles.